The van der Waals surface area contributed by atoms with E-state index in [1.165, 1.54) is 4.70 Å². The molecule has 0 radical (unpaired) electrons. The molecule has 2 nitrogen and oxygen atoms in total. The van der Waals surface area contributed by atoms with Gasteiger partial charge in [-0.2, -0.15) is 0 Å². The topological polar surface area (TPSA) is 24.9 Å². The van der Waals surface area contributed by atoms with E-state index in [9.17, 15) is 0 Å². The Labute approximate surface area is 120 Å². The molecule has 0 bridgehead atoms. The molecule has 4 heteroatoms. The van der Waals surface area contributed by atoms with Crippen LogP contribution < -0.4 is 5.32 Å². The lowest BCUT2D eigenvalue weighted by Gasteiger charge is -2.02. The van der Waals surface area contributed by atoms with Crippen LogP contribution in [-0.2, 0) is 0 Å². The van der Waals surface area contributed by atoms with Crippen LogP contribution in [-0.4, -0.2) is 11.0 Å². The zero-order valence-electron chi connectivity index (χ0n) is 11.0. The van der Waals surface area contributed by atoms with E-state index in [0.717, 1.165) is 15.1 Å². The summed E-state index contributed by atoms with van der Waals surface area (Å²) >= 11 is 5.23. The largest absolute Gasteiger partial charge is 0.358 e. The molecule has 1 aromatic carbocycles. The zero-order valence-corrected chi connectivity index (χ0v) is 13.4. The Hall–Kier alpha value is -0.610. The van der Waals surface area contributed by atoms with Gasteiger partial charge in [-0.15, -0.1) is 0 Å². The zero-order chi connectivity index (χ0) is 13.1. The van der Waals surface area contributed by atoms with Crippen LogP contribution in [0.3, 0.4) is 0 Å². The summed E-state index contributed by atoms with van der Waals surface area (Å²) in [6.45, 7) is 9.26. The number of anilines is 1. The van der Waals surface area contributed by atoms with Crippen molar-refractivity contribution in [2.24, 2.45) is 10.8 Å². The number of nitrogens with zero attached hydrogens (tertiary/aromatic N) is 1. The van der Waals surface area contributed by atoms with E-state index in [1.807, 2.05) is 6.07 Å². The summed E-state index contributed by atoms with van der Waals surface area (Å²) in [6.07, 6.45) is 0. The van der Waals surface area contributed by atoms with Crippen LogP contribution in [0, 0.1) is 10.8 Å². The minimum atomic E-state index is 0.339. The van der Waals surface area contributed by atoms with Gasteiger partial charge in [0.05, 0.1) is 10.2 Å². The average molecular weight is 325 g/mol. The van der Waals surface area contributed by atoms with E-state index in [0.29, 0.717) is 16.9 Å². The first kappa shape index (κ1) is 12.4. The van der Waals surface area contributed by atoms with Crippen LogP contribution in [0.2, 0.25) is 0 Å². The second-order valence-corrected chi connectivity index (χ2v) is 8.10. The van der Waals surface area contributed by atoms with Gasteiger partial charge in [0.25, 0.3) is 0 Å². The summed E-state index contributed by atoms with van der Waals surface area (Å²) in [4.78, 5) is 4.65. The molecule has 1 aliphatic carbocycles. The Morgan fingerprint density at radius 2 is 1.89 bits per heavy atom. The fourth-order valence-electron chi connectivity index (χ4n) is 2.64. The molecule has 0 aliphatic heterocycles. The number of fused-ring (bicyclic) bond motifs is 1. The Morgan fingerprint density at radius 1 is 1.22 bits per heavy atom. The van der Waals surface area contributed by atoms with E-state index in [2.05, 4.69) is 66.1 Å². The Morgan fingerprint density at radius 3 is 2.50 bits per heavy atom. The molecule has 1 heterocycles. The summed E-state index contributed by atoms with van der Waals surface area (Å²) in [5, 5.41) is 4.63. The van der Waals surface area contributed by atoms with Crippen LogP contribution in [0.15, 0.2) is 22.7 Å². The quantitative estimate of drug-likeness (QED) is 0.849. The summed E-state index contributed by atoms with van der Waals surface area (Å²) in [5.41, 5.74) is 1.75. The van der Waals surface area contributed by atoms with Gasteiger partial charge in [-0.25, -0.2) is 4.98 Å². The SMILES string of the molecule is CC1(C)C(Nc2nc3ccc(Br)cc3s2)C1(C)C. The van der Waals surface area contributed by atoms with E-state index in [4.69, 9.17) is 0 Å². The molecule has 0 spiro atoms. The predicted molar refractivity (Wildman–Crippen MR) is 82.3 cm³/mol. The first-order chi connectivity index (χ1) is 8.32. The maximum absolute atomic E-state index is 4.65. The van der Waals surface area contributed by atoms with Gasteiger partial charge < -0.3 is 5.32 Å². The van der Waals surface area contributed by atoms with Gasteiger partial charge in [0, 0.05) is 10.5 Å². The van der Waals surface area contributed by atoms with Gasteiger partial charge >= 0.3 is 0 Å². The number of hydrogen-bond donors (Lipinski definition) is 1. The van der Waals surface area contributed by atoms with Crippen LogP contribution in [0.4, 0.5) is 5.13 Å². The molecule has 0 atom stereocenters. The van der Waals surface area contributed by atoms with Gasteiger partial charge in [0.2, 0.25) is 0 Å². The Balaban J connectivity index is 1.89. The minimum absolute atomic E-state index is 0.339. The first-order valence-corrected chi connectivity index (χ1v) is 7.76. The van der Waals surface area contributed by atoms with E-state index in [1.54, 1.807) is 11.3 Å². The van der Waals surface area contributed by atoms with Gasteiger partial charge in [-0.05, 0) is 29.0 Å². The van der Waals surface area contributed by atoms with Crippen molar-refractivity contribution in [1.82, 2.24) is 4.98 Å². The molecular weight excluding hydrogens is 308 g/mol. The van der Waals surface area contributed by atoms with Crippen molar-refractivity contribution < 1.29 is 0 Å². The number of hydrogen-bond acceptors (Lipinski definition) is 3. The van der Waals surface area contributed by atoms with E-state index < -0.39 is 0 Å². The summed E-state index contributed by atoms with van der Waals surface area (Å²) in [6, 6.07) is 6.73. The molecule has 0 unspecified atom stereocenters. The third-order valence-electron chi connectivity index (χ3n) is 4.64. The third-order valence-corrected chi connectivity index (χ3v) is 6.08. The molecular formula is C14H17BrN2S. The van der Waals surface area contributed by atoms with Crippen LogP contribution in [0.25, 0.3) is 10.2 Å². The number of thiazole rings is 1. The highest BCUT2D eigenvalue weighted by atomic mass is 79.9. The highest BCUT2D eigenvalue weighted by molar-refractivity contribution is 9.10. The molecule has 1 fully saturated rings. The van der Waals surface area contributed by atoms with Crippen LogP contribution in [0.5, 0.6) is 0 Å². The fraction of sp³-hybridized carbons (Fsp3) is 0.500. The Bertz CT molecular complexity index is 601. The van der Waals surface area contributed by atoms with Crippen molar-refractivity contribution in [2.75, 3.05) is 5.32 Å². The Kier molecular flexibility index (Phi) is 2.55. The molecule has 0 amide bonds. The lowest BCUT2D eigenvalue weighted by molar-refractivity contribution is 0.457. The van der Waals surface area contributed by atoms with Gasteiger partial charge in [-0.3, -0.25) is 0 Å². The van der Waals surface area contributed by atoms with Crippen molar-refractivity contribution in [3.63, 3.8) is 0 Å². The van der Waals surface area contributed by atoms with Crippen molar-refractivity contribution in [1.29, 1.82) is 0 Å². The lowest BCUT2D eigenvalue weighted by Crippen LogP contribution is -2.09. The van der Waals surface area contributed by atoms with Crippen LogP contribution in [0.1, 0.15) is 27.7 Å². The van der Waals surface area contributed by atoms with Crippen molar-refractivity contribution in [3.05, 3.63) is 22.7 Å². The van der Waals surface area contributed by atoms with Gasteiger partial charge in [0.1, 0.15) is 0 Å². The number of halogens is 1. The van der Waals surface area contributed by atoms with Gasteiger partial charge in [-0.1, -0.05) is 55.0 Å². The molecule has 1 aromatic heterocycles. The second kappa shape index (κ2) is 3.70. The third kappa shape index (κ3) is 1.69. The maximum atomic E-state index is 4.65. The standard InChI is InChI=1S/C14H17BrN2S/c1-13(2)11(14(13,3)4)17-12-16-9-6-5-8(15)7-10(9)18-12/h5-7,11H,1-4H3,(H,16,17). The smallest absolute Gasteiger partial charge is 0.184 e. The van der Waals surface area contributed by atoms with E-state index >= 15 is 0 Å². The van der Waals surface area contributed by atoms with Crippen molar-refractivity contribution in [3.8, 4) is 0 Å². The van der Waals surface area contributed by atoms with Crippen molar-refractivity contribution >= 4 is 42.6 Å². The van der Waals surface area contributed by atoms with E-state index in [-0.39, 0.29) is 0 Å². The van der Waals surface area contributed by atoms with Crippen molar-refractivity contribution in [2.45, 2.75) is 33.7 Å². The number of nitrogens with one attached hydrogen (secondary N) is 1. The number of rotatable bonds is 2. The number of benzene rings is 1. The monoisotopic (exact) mass is 324 g/mol. The highest BCUT2D eigenvalue weighted by Crippen LogP contribution is 2.63. The summed E-state index contributed by atoms with van der Waals surface area (Å²) in [5.74, 6) is 0. The molecule has 1 N–H and O–H groups in total. The number of aromatic nitrogens is 1. The summed E-state index contributed by atoms with van der Waals surface area (Å²) < 4.78 is 2.33. The van der Waals surface area contributed by atoms with Gasteiger partial charge in [0.15, 0.2) is 5.13 Å². The average Bonchev–Trinajstić information content (AvgIpc) is 2.64. The molecule has 1 saturated carbocycles. The molecule has 0 saturated heterocycles. The normalized spacial score (nSPS) is 21.2. The maximum Gasteiger partial charge on any atom is 0.184 e. The summed E-state index contributed by atoms with van der Waals surface area (Å²) in [7, 11) is 0. The second-order valence-electron chi connectivity index (χ2n) is 6.15. The lowest BCUT2D eigenvalue weighted by atomic mass is 10.0. The fourth-order valence-corrected chi connectivity index (χ4v) is 4.09. The van der Waals surface area contributed by atoms with Crippen LogP contribution >= 0.6 is 27.3 Å². The molecule has 2 aromatic rings. The molecule has 3 rings (SSSR count). The predicted octanol–water partition coefficient (Wildman–Crippen LogP) is 4.91. The molecule has 18 heavy (non-hydrogen) atoms. The molecule has 1 aliphatic rings. The first-order valence-electron chi connectivity index (χ1n) is 6.15. The minimum Gasteiger partial charge on any atom is -0.358 e. The molecule has 96 valence electrons. The highest BCUT2D eigenvalue weighted by Gasteiger charge is 2.65.